The average Bonchev–Trinajstić information content (AvgIpc) is 2.28. The first-order chi connectivity index (χ1) is 8.08. The molecule has 0 aliphatic carbocycles. The Kier molecular flexibility index (Phi) is 3.42. The van der Waals surface area contributed by atoms with Gasteiger partial charge < -0.3 is 10.5 Å². The highest BCUT2D eigenvalue weighted by Gasteiger charge is 2.10. The maximum atomic E-state index is 12.1. The van der Waals surface area contributed by atoms with E-state index in [1.54, 1.807) is 24.4 Å². The van der Waals surface area contributed by atoms with Gasteiger partial charge in [0.2, 0.25) is 0 Å². The Labute approximate surface area is 105 Å². The number of nitrogens with zero attached hydrogens (tertiary/aromatic N) is 1. The molecular formula is C11H9BrF2N2O. The molecule has 0 aliphatic heterocycles. The third kappa shape index (κ3) is 2.63. The van der Waals surface area contributed by atoms with E-state index >= 15 is 0 Å². The standard InChI is InChI=1S/C11H9BrF2N2O/c12-6-3-7-8(15)1-2-9(11(7)16-4-6)17-5-10(13)14/h1-4,10H,5,15H2. The molecule has 0 amide bonds. The van der Waals surface area contributed by atoms with E-state index in [0.717, 1.165) is 4.47 Å². The summed E-state index contributed by atoms with van der Waals surface area (Å²) in [6.45, 7) is -0.656. The smallest absolute Gasteiger partial charge is 0.272 e. The minimum absolute atomic E-state index is 0.307. The predicted octanol–water partition coefficient (Wildman–Crippen LogP) is 3.22. The van der Waals surface area contributed by atoms with Gasteiger partial charge in [-0.3, -0.25) is 4.98 Å². The summed E-state index contributed by atoms with van der Waals surface area (Å²) in [6, 6.07) is 4.92. The van der Waals surface area contributed by atoms with Crippen LogP contribution in [0.25, 0.3) is 10.9 Å². The molecule has 3 nitrogen and oxygen atoms in total. The van der Waals surface area contributed by atoms with E-state index in [9.17, 15) is 8.78 Å². The maximum Gasteiger partial charge on any atom is 0.272 e. The zero-order valence-corrected chi connectivity index (χ0v) is 10.2. The number of halogens is 3. The number of alkyl halides is 2. The number of hydrogen-bond acceptors (Lipinski definition) is 3. The molecule has 0 saturated carbocycles. The van der Waals surface area contributed by atoms with Crippen LogP contribution in [0.2, 0.25) is 0 Å². The summed E-state index contributed by atoms with van der Waals surface area (Å²) in [5, 5.41) is 0.672. The highest BCUT2D eigenvalue weighted by molar-refractivity contribution is 9.10. The minimum Gasteiger partial charge on any atom is -0.485 e. The highest BCUT2D eigenvalue weighted by atomic mass is 79.9. The van der Waals surface area contributed by atoms with E-state index in [-0.39, 0.29) is 0 Å². The lowest BCUT2D eigenvalue weighted by Crippen LogP contribution is -2.07. The summed E-state index contributed by atoms with van der Waals surface area (Å²) in [5.74, 6) is 0.307. The van der Waals surface area contributed by atoms with Crippen LogP contribution in [0.1, 0.15) is 0 Å². The zero-order valence-electron chi connectivity index (χ0n) is 8.66. The number of anilines is 1. The van der Waals surface area contributed by atoms with Crippen LogP contribution in [0.15, 0.2) is 28.9 Å². The van der Waals surface area contributed by atoms with Crippen molar-refractivity contribution < 1.29 is 13.5 Å². The highest BCUT2D eigenvalue weighted by Crippen LogP contribution is 2.30. The topological polar surface area (TPSA) is 48.1 Å². The number of nitrogens with two attached hydrogens (primary N) is 1. The van der Waals surface area contributed by atoms with Crippen LogP contribution in [-0.2, 0) is 0 Å². The molecule has 17 heavy (non-hydrogen) atoms. The first-order valence-corrected chi connectivity index (χ1v) is 5.62. The molecule has 0 bridgehead atoms. The van der Waals surface area contributed by atoms with Gasteiger partial charge in [0.05, 0.1) is 0 Å². The molecule has 90 valence electrons. The van der Waals surface area contributed by atoms with Crippen molar-refractivity contribution in [3.8, 4) is 5.75 Å². The second-order valence-corrected chi connectivity index (χ2v) is 4.32. The second-order valence-electron chi connectivity index (χ2n) is 3.40. The van der Waals surface area contributed by atoms with Crippen LogP contribution in [0.3, 0.4) is 0 Å². The van der Waals surface area contributed by atoms with Gasteiger partial charge in [-0.15, -0.1) is 0 Å². The number of ether oxygens (including phenoxy) is 1. The van der Waals surface area contributed by atoms with Crippen LogP contribution >= 0.6 is 15.9 Å². The molecule has 0 atom stereocenters. The fourth-order valence-corrected chi connectivity index (χ4v) is 1.79. The van der Waals surface area contributed by atoms with Crippen molar-refractivity contribution in [3.05, 3.63) is 28.9 Å². The molecule has 6 heteroatoms. The largest absolute Gasteiger partial charge is 0.485 e. The van der Waals surface area contributed by atoms with E-state index in [0.29, 0.717) is 22.3 Å². The number of benzene rings is 1. The molecule has 0 saturated heterocycles. The summed E-state index contributed by atoms with van der Waals surface area (Å²) in [7, 11) is 0. The summed E-state index contributed by atoms with van der Waals surface area (Å²) in [5.41, 5.74) is 6.79. The molecule has 2 N–H and O–H groups in total. The Bertz CT molecular complexity index is 548. The van der Waals surface area contributed by atoms with Gasteiger partial charge in [-0.05, 0) is 34.1 Å². The van der Waals surface area contributed by atoms with Crippen molar-refractivity contribution >= 4 is 32.5 Å². The molecule has 1 aromatic heterocycles. The molecule has 1 heterocycles. The lowest BCUT2D eigenvalue weighted by molar-refractivity contribution is 0.0826. The molecule has 0 radical (unpaired) electrons. The van der Waals surface area contributed by atoms with Gasteiger partial charge in [-0.25, -0.2) is 8.78 Å². The number of pyridine rings is 1. The van der Waals surface area contributed by atoms with Gasteiger partial charge >= 0.3 is 0 Å². The van der Waals surface area contributed by atoms with Crippen molar-refractivity contribution in [2.75, 3.05) is 12.3 Å². The molecular weight excluding hydrogens is 294 g/mol. The number of aromatic nitrogens is 1. The van der Waals surface area contributed by atoms with Crippen molar-refractivity contribution in [1.29, 1.82) is 0 Å². The van der Waals surface area contributed by atoms with Crippen LogP contribution < -0.4 is 10.5 Å². The fourth-order valence-electron chi connectivity index (χ4n) is 1.46. The Morgan fingerprint density at radius 3 is 2.88 bits per heavy atom. The van der Waals surface area contributed by atoms with Crippen LogP contribution in [0, 0.1) is 0 Å². The Hall–Kier alpha value is -1.43. The van der Waals surface area contributed by atoms with Gasteiger partial charge in [0.15, 0.2) is 0 Å². The maximum absolute atomic E-state index is 12.1. The molecule has 0 fully saturated rings. The number of fused-ring (bicyclic) bond motifs is 1. The zero-order chi connectivity index (χ0) is 12.4. The van der Waals surface area contributed by atoms with Crippen molar-refractivity contribution in [3.63, 3.8) is 0 Å². The van der Waals surface area contributed by atoms with Crippen LogP contribution in [-0.4, -0.2) is 18.0 Å². The normalized spacial score (nSPS) is 11.1. The Balaban J connectivity index is 2.47. The van der Waals surface area contributed by atoms with E-state index in [1.165, 1.54) is 0 Å². The summed E-state index contributed by atoms with van der Waals surface area (Å²) < 4.78 is 29.9. The first kappa shape index (κ1) is 12.0. The molecule has 0 unspecified atom stereocenters. The second kappa shape index (κ2) is 4.83. The van der Waals surface area contributed by atoms with E-state index in [2.05, 4.69) is 20.9 Å². The van der Waals surface area contributed by atoms with Gasteiger partial charge in [-0.2, -0.15) is 0 Å². The van der Waals surface area contributed by atoms with E-state index < -0.39 is 13.0 Å². The average molecular weight is 303 g/mol. The molecule has 2 aromatic rings. The van der Waals surface area contributed by atoms with Crippen molar-refractivity contribution in [2.45, 2.75) is 6.43 Å². The molecule has 2 rings (SSSR count). The Morgan fingerprint density at radius 2 is 2.18 bits per heavy atom. The Morgan fingerprint density at radius 1 is 1.41 bits per heavy atom. The lowest BCUT2D eigenvalue weighted by atomic mass is 10.2. The van der Waals surface area contributed by atoms with E-state index in [1.807, 2.05) is 0 Å². The molecule has 0 aliphatic rings. The molecule has 0 spiro atoms. The number of nitrogen functional groups attached to an aromatic ring is 1. The van der Waals surface area contributed by atoms with Gasteiger partial charge in [0.1, 0.15) is 17.9 Å². The third-order valence-corrected chi connectivity index (χ3v) is 2.61. The number of rotatable bonds is 3. The molecule has 1 aromatic carbocycles. The third-order valence-electron chi connectivity index (χ3n) is 2.18. The first-order valence-electron chi connectivity index (χ1n) is 4.82. The van der Waals surface area contributed by atoms with Gasteiger partial charge in [0, 0.05) is 21.7 Å². The monoisotopic (exact) mass is 302 g/mol. The summed E-state index contributed by atoms with van der Waals surface area (Å²) in [6.07, 6.45) is -0.949. The van der Waals surface area contributed by atoms with Crippen molar-refractivity contribution in [1.82, 2.24) is 4.98 Å². The van der Waals surface area contributed by atoms with Gasteiger partial charge in [0.25, 0.3) is 6.43 Å². The summed E-state index contributed by atoms with van der Waals surface area (Å²) >= 11 is 3.27. The van der Waals surface area contributed by atoms with Crippen molar-refractivity contribution in [2.24, 2.45) is 0 Å². The SMILES string of the molecule is Nc1ccc(OCC(F)F)c2ncc(Br)cc12. The number of hydrogen-bond donors (Lipinski definition) is 1. The van der Waals surface area contributed by atoms with E-state index in [4.69, 9.17) is 10.5 Å². The quantitative estimate of drug-likeness (QED) is 0.886. The fraction of sp³-hybridized carbons (Fsp3) is 0.182. The minimum atomic E-state index is -2.52. The van der Waals surface area contributed by atoms with Crippen LogP contribution in [0.4, 0.5) is 14.5 Å². The lowest BCUT2D eigenvalue weighted by Gasteiger charge is -2.09. The van der Waals surface area contributed by atoms with Gasteiger partial charge in [-0.1, -0.05) is 0 Å². The van der Waals surface area contributed by atoms with Crippen LogP contribution in [0.5, 0.6) is 5.75 Å². The predicted molar refractivity (Wildman–Crippen MR) is 65.4 cm³/mol. The summed E-state index contributed by atoms with van der Waals surface area (Å²) in [4.78, 5) is 4.12.